The van der Waals surface area contributed by atoms with E-state index in [0.29, 0.717) is 0 Å². The molecule has 0 aromatic carbocycles. The van der Waals surface area contributed by atoms with Gasteiger partial charge in [0.25, 0.3) is 0 Å². The average Bonchev–Trinajstić information content (AvgIpc) is 0. The van der Waals surface area contributed by atoms with Gasteiger partial charge >= 0.3 is 0 Å². The summed E-state index contributed by atoms with van der Waals surface area (Å²) in [5, 5.41) is 0. The van der Waals surface area contributed by atoms with E-state index in [1.807, 2.05) is 0 Å². The van der Waals surface area contributed by atoms with E-state index in [4.69, 9.17) is 0 Å². The van der Waals surface area contributed by atoms with Gasteiger partial charge in [-0.05, 0) is 0 Å². The fourth-order valence-corrected chi connectivity index (χ4v) is 0. The van der Waals surface area contributed by atoms with E-state index in [1.165, 1.54) is 0 Å². The minimum Gasteiger partial charge on any atom is -0.147 e. The Hall–Kier alpha value is 2.06. The monoisotopic (exact) mass is 290 g/mol. The van der Waals surface area contributed by atoms with Gasteiger partial charge < -0.3 is 0 Å². The van der Waals surface area contributed by atoms with Crippen molar-refractivity contribution in [1.29, 1.82) is 0 Å². The first-order chi connectivity index (χ1) is 0. The molecule has 0 spiro atoms. The van der Waals surface area contributed by atoms with Crippen LogP contribution >= 0.6 is 36.4 Å². The van der Waals surface area contributed by atoms with Crippen molar-refractivity contribution in [1.82, 2.24) is 0 Å². The SMILES string of the molecule is Cl.I.[Cu].[Cu]. The van der Waals surface area contributed by atoms with Crippen molar-refractivity contribution >= 4 is 36.4 Å². The van der Waals surface area contributed by atoms with Gasteiger partial charge in [-0.1, -0.05) is 0 Å². The molecule has 0 aromatic heterocycles. The molecule has 4 heteroatoms. The molecule has 0 fully saturated rings. The van der Waals surface area contributed by atoms with E-state index in [1.54, 1.807) is 0 Å². The maximum absolute atomic E-state index is 0. The van der Waals surface area contributed by atoms with Crippen molar-refractivity contribution in [3.05, 3.63) is 0 Å². The maximum Gasteiger partial charge on any atom is 0 e. The third kappa shape index (κ3) is 8.96. The van der Waals surface area contributed by atoms with Gasteiger partial charge in [0.15, 0.2) is 0 Å². The van der Waals surface area contributed by atoms with E-state index in [2.05, 4.69) is 0 Å². The Morgan fingerprint density at radius 1 is 0.750 bits per heavy atom. The molecule has 2 radical (unpaired) electrons. The molecular weight excluding hydrogens is 289 g/mol. The zero-order valence-corrected chi connectivity index (χ0v) is 6.45. The topological polar surface area (TPSA) is 0 Å². The summed E-state index contributed by atoms with van der Waals surface area (Å²) >= 11 is 0. The summed E-state index contributed by atoms with van der Waals surface area (Å²) in [6.45, 7) is 0. The van der Waals surface area contributed by atoms with E-state index >= 15 is 0 Å². The Kier molecular flexibility index (Phi) is 180. The molecule has 0 amide bonds. The number of rotatable bonds is 0. The van der Waals surface area contributed by atoms with Gasteiger partial charge in [0.1, 0.15) is 0 Å². The van der Waals surface area contributed by atoms with Crippen molar-refractivity contribution in [3.63, 3.8) is 0 Å². The number of hydrogen-bond acceptors (Lipinski definition) is 0. The minimum absolute atomic E-state index is 0. The second-order valence-electron chi connectivity index (χ2n) is 0. The minimum atomic E-state index is 0. The van der Waals surface area contributed by atoms with Crippen LogP contribution in [0.5, 0.6) is 0 Å². The van der Waals surface area contributed by atoms with Crippen LogP contribution in [0.3, 0.4) is 0 Å². The van der Waals surface area contributed by atoms with Crippen LogP contribution in [0, 0.1) is 0 Å². The Labute approximate surface area is 69.9 Å². The Morgan fingerprint density at radius 3 is 0.750 bits per heavy atom. The van der Waals surface area contributed by atoms with Crippen molar-refractivity contribution in [2.24, 2.45) is 0 Å². The van der Waals surface area contributed by atoms with Crippen molar-refractivity contribution in [2.75, 3.05) is 0 Å². The summed E-state index contributed by atoms with van der Waals surface area (Å²) in [4.78, 5) is 0. The van der Waals surface area contributed by atoms with Crippen LogP contribution in [-0.4, -0.2) is 0 Å². The molecule has 4 heavy (non-hydrogen) atoms. The summed E-state index contributed by atoms with van der Waals surface area (Å²) in [5.74, 6) is 0. The molecule has 0 aliphatic rings. The van der Waals surface area contributed by atoms with E-state index in [0.717, 1.165) is 0 Å². The molecule has 0 rings (SSSR count). The fraction of sp³-hybridized carbons (Fsp3) is 0. The second-order valence-corrected chi connectivity index (χ2v) is 0. The Balaban J connectivity index is 0. The summed E-state index contributed by atoms with van der Waals surface area (Å²) in [6, 6.07) is 0. The molecule has 0 unspecified atom stereocenters. The zero-order valence-electron chi connectivity index (χ0n) is 1.42. The van der Waals surface area contributed by atoms with Crippen LogP contribution in [-0.2, 0) is 34.1 Å². The molecule has 38 valence electrons. The Morgan fingerprint density at radius 2 is 0.750 bits per heavy atom. The van der Waals surface area contributed by atoms with Crippen LogP contribution in [0.4, 0.5) is 0 Å². The van der Waals surface area contributed by atoms with Gasteiger partial charge in [0.05, 0.1) is 0 Å². The molecule has 0 atom stereocenters. The Bertz CT molecular complexity index is 6.00. The first-order valence-electron chi connectivity index (χ1n) is 0. The van der Waals surface area contributed by atoms with E-state index in [-0.39, 0.29) is 70.5 Å². The van der Waals surface area contributed by atoms with Crippen LogP contribution in [0.25, 0.3) is 0 Å². The maximum atomic E-state index is 0. The van der Waals surface area contributed by atoms with Crippen LogP contribution in [0.1, 0.15) is 0 Å². The van der Waals surface area contributed by atoms with Gasteiger partial charge in [-0.2, -0.15) is 0 Å². The van der Waals surface area contributed by atoms with Crippen molar-refractivity contribution in [3.8, 4) is 0 Å². The second kappa shape index (κ2) is 19.7. The summed E-state index contributed by atoms with van der Waals surface area (Å²) < 4.78 is 0. The molecule has 0 aromatic rings. The van der Waals surface area contributed by atoms with Crippen LogP contribution in [0.2, 0.25) is 0 Å². The molecule has 0 heterocycles. The molecule has 0 aliphatic carbocycles. The fourth-order valence-electron chi connectivity index (χ4n) is 0. The molecule has 0 saturated heterocycles. The molecule has 0 N–H and O–H groups in total. The zero-order chi connectivity index (χ0) is 0. The van der Waals surface area contributed by atoms with Crippen LogP contribution in [0.15, 0.2) is 0 Å². The first-order valence-corrected chi connectivity index (χ1v) is 0. The predicted molar refractivity (Wildman–Crippen MR) is 22.7 cm³/mol. The smallest absolute Gasteiger partial charge is 0 e. The molecule has 0 bridgehead atoms. The first kappa shape index (κ1) is 36.6. The summed E-state index contributed by atoms with van der Waals surface area (Å²) in [5.41, 5.74) is 0. The van der Waals surface area contributed by atoms with Gasteiger partial charge in [-0.15, -0.1) is 36.4 Å². The third-order valence-electron chi connectivity index (χ3n) is 0. The van der Waals surface area contributed by atoms with Gasteiger partial charge in [0, 0.05) is 34.1 Å². The van der Waals surface area contributed by atoms with Crippen molar-refractivity contribution < 1.29 is 34.1 Å². The third-order valence-corrected chi connectivity index (χ3v) is 0. The van der Waals surface area contributed by atoms with Gasteiger partial charge in [0.2, 0.25) is 0 Å². The number of hydrogen-bond donors (Lipinski definition) is 0. The molecule has 0 aliphatic heterocycles. The molecule has 0 nitrogen and oxygen atoms in total. The summed E-state index contributed by atoms with van der Waals surface area (Å²) in [6.07, 6.45) is 0. The van der Waals surface area contributed by atoms with Gasteiger partial charge in [-0.3, -0.25) is 0 Å². The van der Waals surface area contributed by atoms with E-state index in [9.17, 15) is 0 Å². The quantitative estimate of drug-likeness (QED) is 0.462. The average molecular weight is 291 g/mol. The summed E-state index contributed by atoms with van der Waals surface area (Å²) in [7, 11) is 0. The standard InChI is InChI=1S/ClH.2Cu.HI/h1H;;;1H. The van der Waals surface area contributed by atoms with Crippen molar-refractivity contribution in [2.45, 2.75) is 0 Å². The predicted octanol–water partition coefficient (Wildman–Crippen LogP) is 1.03. The van der Waals surface area contributed by atoms with Gasteiger partial charge in [-0.25, -0.2) is 0 Å². The molecule has 0 saturated carbocycles. The largest absolute Gasteiger partial charge is 0.147 e. The number of halogens is 2. The van der Waals surface area contributed by atoms with Crippen LogP contribution < -0.4 is 0 Å². The normalized spacial score (nSPS) is 0. The van der Waals surface area contributed by atoms with E-state index < -0.39 is 0 Å². The molecular formula is H2ClCu2I.